The number of rotatable bonds is 9. The Labute approximate surface area is 296 Å². The lowest BCUT2D eigenvalue weighted by Crippen LogP contribution is -2.68. The summed E-state index contributed by atoms with van der Waals surface area (Å²) in [4.78, 5) is 31.8. The molecule has 284 valence electrons. The minimum Gasteiger partial charge on any atom is -0.489 e. The van der Waals surface area contributed by atoms with Crippen LogP contribution in [0.3, 0.4) is 0 Å². The van der Waals surface area contributed by atoms with Gasteiger partial charge in [0.2, 0.25) is 5.88 Å². The Morgan fingerprint density at radius 1 is 1.02 bits per heavy atom. The van der Waals surface area contributed by atoms with E-state index in [1.54, 1.807) is 17.8 Å². The fourth-order valence-electron chi connectivity index (χ4n) is 5.44. The number of hydrogen-bond donors (Lipinski definition) is 4. The van der Waals surface area contributed by atoms with Gasteiger partial charge in [0.05, 0.1) is 30.6 Å². The molecule has 15 nitrogen and oxygen atoms in total. The largest absolute Gasteiger partial charge is 0.490 e. The van der Waals surface area contributed by atoms with Crippen molar-refractivity contribution in [2.45, 2.75) is 43.5 Å². The van der Waals surface area contributed by atoms with E-state index >= 15 is 0 Å². The molecule has 3 saturated heterocycles. The van der Waals surface area contributed by atoms with Crippen molar-refractivity contribution < 1.29 is 60.7 Å². The quantitative estimate of drug-likeness (QED) is 0.181. The first kappa shape index (κ1) is 40.1. The van der Waals surface area contributed by atoms with Gasteiger partial charge >= 0.3 is 24.3 Å². The molecule has 5 N–H and O–H groups in total. The zero-order valence-electron chi connectivity index (χ0n) is 27.6. The summed E-state index contributed by atoms with van der Waals surface area (Å²) in [6.07, 6.45) is -2.79. The van der Waals surface area contributed by atoms with Crippen LogP contribution in [0.4, 0.5) is 32.2 Å². The molecule has 21 heteroatoms. The smallest absolute Gasteiger partial charge is 0.489 e. The monoisotopic (exact) mass is 754 g/mol. The van der Waals surface area contributed by atoms with Crippen molar-refractivity contribution >= 4 is 23.3 Å². The molecule has 3 fully saturated rings. The lowest BCUT2D eigenvalue weighted by atomic mass is 9.87. The van der Waals surface area contributed by atoms with Crippen LogP contribution in [0.5, 0.6) is 11.6 Å². The fraction of sp³-hybridized carbons (Fsp3) is 0.375. The maximum absolute atomic E-state index is 10.6. The predicted octanol–water partition coefficient (Wildman–Crippen LogP) is 3.10. The van der Waals surface area contributed by atoms with E-state index in [0.29, 0.717) is 34.8 Å². The van der Waals surface area contributed by atoms with Gasteiger partial charge in [-0.15, -0.1) is 0 Å². The van der Waals surface area contributed by atoms with Crippen molar-refractivity contribution in [3.63, 3.8) is 0 Å². The number of ether oxygens (including phenoxy) is 2. The summed E-state index contributed by atoms with van der Waals surface area (Å²) in [6, 6.07) is 13.1. The third-order valence-electron chi connectivity index (χ3n) is 8.01. The van der Waals surface area contributed by atoms with E-state index in [0.717, 1.165) is 36.6 Å². The van der Waals surface area contributed by atoms with Gasteiger partial charge in [-0.2, -0.15) is 36.7 Å². The molecule has 53 heavy (non-hydrogen) atoms. The molecule has 0 amide bonds. The van der Waals surface area contributed by atoms with Crippen LogP contribution in [0.2, 0.25) is 0 Å². The Morgan fingerprint density at radius 3 is 2.15 bits per heavy atom. The molecule has 0 aromatic carbocycles. The predicted molar refractivity (Wildman–Crippen MR) is 172 cm³/mol. The summed E-state index contributed by atoms with van der Waals surface area (Å²) < 4.78 is 76.0. The number of nitrogens with zero attached hydrogens (tertiary/aromatic N) is 7. The van der Waals surface area contributed by atoms with Crippen molar-refractivity contribution in [3.05, 3.63) is 66.2 Å². The van der Waals surface area contributed by atoms with E-state index in [1.165, 1.54) is 18.2 Å². The number of anilines is 1. The first-order valence-electron chi connectivity index (χ1n) is 15.4. The molecule has 2 bridgehead atoms. The highest BCUT2D eigenvalue weighted by molar-refractivity contribution is 5.85. The summed E-state index contributed by atoms with van der Waals surface area (Å²) in [6.45, 7) is 2.90. The maximum Gasteiger partial charge on any atom is 0.490 e. The number of methoxy groups -OCH3 is 1. The maximum atomic E-state index is 10.6. The van der Waals surface area contributed by atoms with Gasteiger partial charge in [-0.25, -0.2) is 24.1 Å². The van der Waals surface area contributed by atoms with Gasteiger partial charge < -0.3 is 35.4 Å². The molecule has 3 aliphatic rings. The number of aliphatic carboxylic acids is 2. The highest BCUT2D eigenvalue weighted by Gasteiger charge is 2.44. The van der Waals surface area contributed by atoms with Crippen LogP contribution < -0.4 is 20.1 Å². The van der Waals surface area contributed by atoms with Crippen molar-refractivity contribution in [1.82, 2.24) is 24.5 Å². The Kier molecular flexibility index (Phi) is 12.7. The molecule has 0 aliphatic carbocycles. The lowest BCUT2D eigenvalue weighted by Gasteiger charge is -2.56. The Hall–Kier alpha value is -5.72. The minimum atomic E-state index is -5.08. The average molecular weight is 755 g/mol. The summed E-state index contributed by atoms with van der Waals surface area (Å²) in [5.74, 6) is -3.43. The van der Waals surface area contributed by atoms with Gasteiger partial charge in [-0.05, 0) is 30.2 Å². The molecular formula is C32H32F6N8O7. The normalized spacial score (nSPS) is 17.2. The number of aromatic nitrogens is 4. The molecule has 0 radical (unpaired) electrons. The van der Waals surface area contributed by atoms with Crippen molar-refractivity contribution in [2.75, 3.05) is 38.3 Å². The van der Waals surface area contributed by atoms with E-state index in [9.17, 15) is 36.7 Å². The summed E-state index contributed by atoms with van der Waals surface area (Å²) in [7, 11) is 1.63. The van der Waals surface area contributed by atoms with Crippen molar-refractivity contribution in [2.24, 2.45) is 5.73 Å². The Balaban J connectivity index is 0.000000381. The summed E-state index contributed by atoms with van der Waals surface area (Å²) in [5.41, 5.74) is 9.47. The van der Waals surface area contributed by atoms with Gasteiger partial charge in [0.1, 0.15) is 30.3 Å². The third kappa shape index (κ3) is 10.2. The summed E-state index contributed by atoms with van der Waals surface area (Å²) >= 11 is 0. The number of hydrogen-bond acceptors (Lipinski definition) is 12. The van der Waals surface area contributed by atoms with E-state index in [1.807, 2.05) is 36.7 Å². The number of nitrogens with two attached hydrogens (primary N) is 1. The van der Waals surface area contributed by atoms with Gasteiger partial charge in [0, 0.05) is 67.8 Å². The van der Waals surface area contributed by atoms with E-state index in [2.05, 4.69) is 32.0 Å². The number of piperazine rings is 1. The minimum absolute atomic E-state index is 0.0638. The molecule has 3 unspecified atom stereocenters. The number of halogens is 6. The zero-order chi connectivity index (χ0) is 39.1. The molecule has 0 saturated carbocycles. The summed E-state index contributed by atoms with van der Waals surface area (Å²) in [5, 5.41) is 38.0. The van der Waals surface area contributed by atoms with Gasteiger partial charge in [-0.1, -0.05) is 6.07 Å². The molecule has 7 heterocycles. The first-order valence-corrected chi connectivity index (χ1v) is 15.4. The second-order valence-electron chi connectivity index (χ2n) is 11.6. The van der Waals surface area contributed by atoms with Crippen LogP contribution >= 0.6 is 0 Å². The van der Waals surface area contributed by atoms with Crippen LogP contribution in [-0.4, -0.2) is 116 Å². The van der Waals surface area contributed by atoms with Gasteiger partial charge in [-0.3, -0.25) is 4.90 Å². The van der Waals surface area contributed by atoms with Crippen LogP contribution in [-0.2, 0) is 16.1 Å². The molecule has 0 spiro atoms. The Bertz CT molecular complexity index is 1880. The number of carboxylic acids is 2. The zero-order valence-corrected chi connectivity index (χ0v) is 27.6. The van der Waals surface area contributed by atoms with Crippen LogP contribution in [0, 0.1) is 11.3 Å². The van der Waals surface area contributed by atoms with E-state index in [4.69, 9.17) is 40.0 Å². The lowest BCUT2D eigenvalue weighted by molar-refractivity contribution is -0.193. The van der Waals surface area contributed by atoms with Crippen LogP contribution in [0.25, 0.3) is 16.6 Å². The van der Waals surface area contributed by atoms with Crippen molar-refractivity contribution in [1.29, 1.82) is 5.26 Å². The highest BCUT2D eigenvalue weighted by atomic mass is 19.4. The number of nitriles is 1. The molecule has 3 atom stereocenters. The second kappa shape index (κ2) is 16.7. The number of carboxylic acid groups (broad SMARTS) is 2. The SMILES string of the molecule is COc1ccc(CN2C3CC2CN(c2ccc(-c4cc(OCC(O)CN)cn5ncc(C#N)c45)cn2)C3)cn1.O=C(O)C(F)(F)F.O=C(O)C(F)(F)F. The number of alkyl halides is 6. The standard InChI is InChI=1S/C28H30N8O3.2C2HF3O2/c1-38-27-5-2-18(10-32-27)13-35-21-6-22(35)15-34(14-21)26-4-3-19(11-31-26)25-7-24(39-17-23(37)9-30)16-36-28(25)20(8-29)12-33-36;2*3-2(4,5)1(6)7/h2-5,7,10-12,16,21-23,37H,6,9,13-15,17,30H2,1H3;2*(H,6,7). The van der Waals surface area contributed by atoms with Crippen LogP contribution in [0.1, 0.15) is 17.5 Å². The topological polar surface area (TPSA) is 213 Å². The number of fused-ring (bicyclic) bond motifs is 3. The highest BCUT2D eigenvalue weighted by Crippen LogP contribution is 2.36. The average Bonchev–Trinajstić information content (AvgIpc) is 3.55. The number of pyridine rings is 3. The molecule has 3 aliphatic heterocycles. The second-order valence-corrected chi connectivity index (χ2v) is 11.6. The van der Waals surface area contributed by atoms with Gasteiger partial charge in [0.15, 0.2) is 0 Å². The van der Waals surface area contributed by atoms with Crippen LogP contribution in [0.15, 0.2) is 55.1 Å². The number of piperidine rings is 1. The molecular weight excluding hydrogens is 722 g/mol. The third-order valence-corrected chi connectivity index (χ3v) is 8.01. The van der Waals surface area contributed by atoms with E-state index in [-0.39, 0.29) is 13.2 Å². The Morgan fingerprint density at radius 2 is 1.66 bits per heavy atom. The molecule has 4 aromatic rings. The number of aliphatic hydroxyl groups excluding tert-OH is 1. The first-order chi connectivity index (χ1) is 24.9. The number of aliphatic hydroxyl groups is 1. The van der Waals surface area contributed by atoms with Gasteiger partial charge in [0.25, 0.3) is 0 Å². The van der Waals surface area contributed by atoms with Crippen molar-refractivity contribution in [3.8, 4) is 28.8 Å². The fourth-order valence-corrected chi connectivity index (χ4v) is 5.44. The molecule has 7 rings (SSSR count). The number of carbonyl (C=O) groups is 2. The molecule has 4 aromatic heterocycles. The van der Waals surface area contributed by atoms with E-state index < -0.39 is 30.4 Å².